The van der Waals surface area contributed by atoms with Gasteiger partial charge in [0.1, 0.15) is 11.4 Å². The lowest BCUT2D eigenvalue weighted by Crippen LogP contribution is -2.54. The first-order valence-electron chi connectivity index (χ1n) is 10.1. The second-order valence-corrected chi connectivity index (χ2v) is 8.69. The van der Waals surface area contributed by atoms with Crippen molar-refractivity contribution in [1.29, 1.82) is 0 Å². The average molecular weight is 407 g/mol. The maximum Gasteiger partial charge on any atom is 0.410 e. The van der Waals surface area contributed by atoms with Crippen molar-refractivity contribution in [1.82, 2.24) is 9.80 Å². The van der Waals surface area contributed by atoms with Gasteiger partial charge in [-0.2, -0.15) is 0 Å². The highest BCUT2D eigenvalue weighted by molar-refractivity contribution is 5.88. The third kappa shape index (κ3) is 5.38. The highest BCUT2D eigenvalue weighted by atomic mass is 19.1. The van der Waals surface area contributed by atoms with Gasteiger partial charge in [0.05, 0.1) is 5.56 Å². The fourth-order valence-electron chi connectivity index (χ4n) is 3.96. The van der Waals surface area contributed by atoms with Crippen LogP contribution in [0.25, 0.3) is 0 Å². The molecule has 8 heteroatoms. The molecule has 1 aromatic rings. The quantitative estimate of drug-likeness (QED) is 0.830. The van der Waals surface area contributed by atoms with Crippen molar-refractivity contribution in [2.45, 2.75) is 45.3 Å². The first-order valence-corrected chi connectivity index (χ1v) is 10.1. The van der Waals surface area contributed by atoms with E-state index < -0.39 is 17.4 Å². The van der Waals surface area contributed by atoms with Gasteiger partial charge in [-0.25, -0.2) is 14.0 Å². The number of aromatic carboxylic acids is 1. The fourth-order valence-corrected chi connectivity index (χ4v) is 3.96. The minimum absolute atomic E-state index is 0.243. The Balaban J connectivity index is 1.49. The van der Waals surface area contributed by atoms with Gasteiger partial charge in [0, 0.05) is 51.0 Å². The Morgan fingerprint density at radius 3 is 2.21 bits per heavy atom. The summed E-state index contributed by atoms with van der Waals surface area (Å²) < 4.78 is 19.4. The van der Waals surface area contributed by atoms with E-state index in [0.29, 0.717) is 24.8 Å². The topological polar surface area (TPSA) is 73.3 Å². The highest BCUT2D eigenvalue weighted by Crippen LogP contribution is 2.24. The third-order valence-corrected chi connectivity index (χ3v) is 5.50. The van der Waals surface area contributed by atoms with Gasteiger partial charge < -0.3 is 19.6 Å². The summed E-state index contributed by atoms with van der Waals surface area (Å²) in [5.74, 6) is -1.96. The molecule has 7 nitrogen and oxygen atoms in total. The van der Waals surface area contributed by atoms with Gasteiger partial charge in [-0.15, -0.1) is 0 Å². The summed E-state index contributed by atoms with van der Waals surface area (Å²) in [4.78, 5) is 29.5. The number of halogens is 1. The fraction of sp³-hybridized carbons (Fsp3) is 0.619. The Labute approximate surface area is 171 Å². The van der Waals surface area contributed by atoms with Gasteiger partial charge in [0.25, 0.3) is 0 Å². The number of hydrogen-bond donors (Lipinski definition) is 1. The molecule has 160 valence electrons. The van der Waals surface area contributed by atoms with Crippen molar-refractivity contribution >= 4 is 17.7 Å². The summed E-state index contributed by atoms with van der Waals surface area (Å²) in [5, 5.41) is 8.96. The number of carboxylic acids is 1. The molecule has 0 aromatic heterocycles. The van der Waals surface area contributed by atoms with E-state index in [9.17, 15) is 14.0 Å². The summed E-state index contributed by atoms with van der Waals surface area (Å²) in [6.45, 7) is 10.3. The number of anilines is 1. The van der Waals surface area contributed by atoms with Crippen LogP contribution in [0.2, 0.25) is 0 Å². The predicted molar refractivity (Wildman–Crippen MR) is 108 cm³/mol. The van der Waals surface area contributed by atoms with Gasteiger partial charge in [0.15, 0.2) is 0 Å². The van der Waals surface area contributed by atoms with Crippen molar-refractivity contribution < 1.29 is 23.8 Å². The number of benzene rings is 1. The number of likely N-dealkylation sites (tertiary alicyclic amines) is 1. The average Bonchev–Trinajstić information content (AvgIpc) is 2.66. The lowest BCUT2D eigenvalue weighted by atomic mass is 10.0. The Kier molecular flexibility index (Phi) is 6.31. The lowest BCUT2D eigenvalue weighted by molar-refractivity contribution is 0.0139. The van der Waals surface area contributed by atoms with E-state index in [-0.39, 0.29) is 11.7 Å². The summed E-state index contributed by atoms with van der Waals surface area (Å²) in [6.07, 6.45) is 1.59. The van der Waals surface area contributed by atoms with Crippen LogP contribution in [0.3, 0.4) is 0 Å². The van der Waals surface area contributed by atoms with Crippen molar-refractivity contribution in [3.8, 4) is 0 Å². The number of nitrogens with zero attached hydrogens (tertiary/aromatic N) is 3. The summed E-state index contributed by atoms with van der Waals surface area (Å²) in [6, 6.07) is 4.73. The van der Waals surface area contributed by atoms with E-state index in [1.54, 1.807) is 11.0 Å². The standard InChI is InChI=1S/C21H30FN3O4/c1-21(2,3)29-20(28)25-8-6-15(7-9-25)23-10-12-24(13-11-23)16-4-5-17(19(26)27)18(22)14-16/h4-5,14-15H,6-13H2,1-3H3,(H,26,27). The van der Waals surface area contributed by atoms with Gasteiger partial charge in [-0.3, -0.25) is 4.90 Å². The van der Waals surface area contributed by atoms with Crippen LogP contribution in [0.4, 0.5) is 14.9 Å². The van der Waals surface area contributed by atoms with Gasteiger partial charge >= 0.3 is 12.1 Å². The molecule has 2 heterocycles. The van der Waals surface area contributed by atoms with E-state index >= 15 is 0 Å². The van der Waals surface area contributed by atoms with E-state index in [2.05, 4.69) is 9.80 Å². The Hall–Kier alpha value is -2.35. The molecule has 0 unspecified atom stereocenters. The lowest BCUT2D eigenvalue weighted by Gasteiger charge is -2.43. The maximum absolute atomic E-state index is 14.0. The number of piperidine rings is 1. The highest BCUT2D eigenvalue weighted by Gasteiger charge is 2.31. The predicted octanol–water partition coefficient (Wildman–Crippen LogP) is 3.05. The molecule has 3 rings (SSSR count). The van der Waals surface area contributed by atoms with Crippen LogP contribution in [0, 0.1) is 5.82 Å². The second-order valence-electron chi connectivity index (χ2n) is 8.69. The van der Waals surface area contributed by atoms with Crippen molar-refractivity contribution in [2.75, 3.05) is 44.2 Å². The SMILES string of the molecule is CC(C)(C)OC(=O)N1CCC(N2CCN(c3ccc(C(=O)O)c(F)c3)CC2)CC1. The van der Waals surface area contributed by atoms with Gasteiger partial charge in [-0.05, 0) is 51.8 Å². The van der Waals surface area contributed by atoms with Crippen LogP contribution >= 0.6 is 0 Å². The number of hydrogen-bond acceptors (Lipinski definition) is 5. The summed E-state index contributed by atoms with van der Waals surface area (Å²) in [5.41, 5.74) is -0.0668. The molecule has 2 aliphatic rings. The van der Waals surface area contributed by atoms with E-state index in [1.807, 2.05) is 20.8 Å². The molecule has 0 atom stereocenters. The molecule has 2 saturated heterocycles. The smallest absolute Gasteiger partial charge is 0.410 e. The largest absolute Gasteiger partial charge is 0.478 e. The minimum atomic E-state index is -1.25. The number of piperazine rings is 1. The van der Waals surface area contributed by atoms with Crippen LogP contribution in [0.1, 0.15) is 44.0 Å². The van der Waals surface area contributed by atoms with Crippen LogP contribution < -0.4 is 4.90 Å². The molecule has 0 saturated carbocycles. The Morgan fingerprint density at radius 2 is 1.69 bits per heavy atom. The zero-order valence-electron chi connectivity index (χ0n) is 17.4. The Morgan fingerprint density at radius 1 is 1.07 bits per heavy atom. The van der Waals surface area contributed by atoms with E-state index in [4.69, 9.17) is 9.84 Å². The summed E-state index contributed by atoms with van der Waals surface area (Å²) in [7, 11) is 0. The molecule has 1 amide bonds. The van der Waals surface area contributed by atoms with Crippen LogP contribution in [0.5, 0.6) is 0 Å². The molecule has 1 aromatic carbocycles. The second kappa shape index (κ2) is 8.57. The molecule has 2 aliphatic heterocycles. The van der Waals surface area contributed by atoms with Crippen molar-refractivity contribution in [3.63, 3.8) is 0 Å². The molecule has 0 aliphatic carbocycles. The minimum Gasteiger partial charge on any atom is -0.478 e. The van der Waals surface area contributed by atoms with Crippen molar-refractivity contribution in [2.24, 2.45) is 0 Å². The third-order valence-electron chi connectivity index (χ3n) is 5.50. The molecule has 0 bridgehead atoms. The molecule has 0 radical (unpaired) electrons. The number of rotatable bonds is 3. The summed E-state index contributed by atoms with van der Waals surface area (Å²) >= 11 is 0. The van der Waals surface area contributed by atoms with Gasteiger partial charge in [0.2, 0.25) is 0 Å². The van der Waals surface area contributed by atoms with Crippen molar-refractivity contribution in [3.05, 3.63) is 29.6 Å². The zero-order valence-corrected chi connectivity index (χ0v) is 17.4. The number of carbonyl (C=O) groups excluding carboxylic acids is 1. The van der Waals surface area contributed by atoms with E-state index in [0.717, 1.165) is 39.0 Å². The van der Waals surface area contributed by atoms with Crippen LogP contribution in [-0.4, -0.2) is 77.9 Å². The van der Waals surface area contributed by atoms with E-state index in [1.165, 1.54) is 12.1 Å². The zero-order chi connectivity index (χ0) is 21.2. The molecular weight excluding hydrogens is 377 g/mol. The van der Waals surface area contributed by atoms with Gasteiger partial charge in [-0.1, -0.05) is 0 Å². The molecule has 2 fully saturated rings. The monoisotopic (exact) mass is 407 g/mol. The first kappa shape index (κ1) is 21.4. The number of carbonyl (C=O) groups is 2. The molecule has 0 spiro atoms. The number of amides is 1. The molecule has 29 heavy (non-hydrogen) atoms. The number of ether oxygens (including phenoxy) is 1. The number of carboxylic acid groups (broad SMARTS) is 1. The van der Waals surface area contributed by atoms with Crippen LogP contribution in [0.15, 0.2) is 18.2 Å². The van der Waals surface area contributed by atoms with Crippen LogP contribution in [-0.2, 0) is 4.74 Å². The maximum atomic E-state index is 14.0. The normalized spacial score (nSPS) is 19.3. The Bertz CT molecular complexity index is 749. The molecule has 1 N–H and O–H groups in total. The first-order chi connectivity index (χ1) is 13.6. The molecular formula is C21H30FN3O4.